The number of nitrogens with zero attached hydrogens (tertiary/aromatic N) is 3. The maximum atomic E-state index is 4.88. The van der Waals surface area contributed by atoms with Gasteiger partial charge in [0.25, 0.3) is 0 Å². The Bertz CT molecular complexity index is 903. The minimum absolute atomic E-state index is 0.258. The highest BCUT2D eigenvalue weighted by Crippen LogP contribution is 2.57. The summed E-state index contributed by atoms with van der Waals surface area (Å²) in [5.41, 5.74) is 3.40. The first-order chi connectivity index (χ1) is 11.9. The highest BCUT2D eigenvalue weighted by atomic mass is 32.1. The number of rotatable bonds is 3. The molecular weight excluding hydrogens is 314 g/mol. The van der Waals surface area contributed by atoms with E-state index in [1.165, 1.54) is 10.4 Å². The van der Waals surface area contributed by atoms with Crippen molar-refractivity contribution in [1.29, 1.82) is 0 Å². The summed E-state index contributed by atoms with van der Waals surface area (Å²) in [6.07, 6.45) is 1.87. The zero-order valence-electron chi connectivity index (χ0n) is 12.9. The standard InChI is InChI=1S/C20H15N3S/c1-2-8-14(9-3-1)23-18(16-11-6-7-13-21-16)19(23)20-22-15-10-4-5-12-17(15)24-20/h1-13,18-19H/t18-,19-,23?/m1/s1. The fraction of sp³-hybridized carbons (Fsp3) is 0.100. The summed E-state index contributed by atoms with van der Waals surface area (Å²) in [5.74, 6) is 0. The van der Waals surface area contributed by atoms with Crippen molar-refractivity contribution in [3.63, 3.8) is 0 Å². The van der Waals surface area contributed by atoms with E-state index in [0.717, 1.165) is 16.2 Å². The van der Waals surface area contributed by atoms with Crippen LogP contribution in [0.15, 0.2) is 79.0 Å². The number of para-hydroxylation sites is 2. The molecule has 4 aromatic rings. The molecule has 0 bridgehead atoms. The average Bonchev–Trinajstić information content (AvgIpc) is 3.26. The normalized spacial score (nSPS) is 19.6. The summed E-state index contributed by atoms with van der Waals surface area (Å²) in [7, 11) is 0. The van der Waals surface area contributed by atoms with Gasteiger partial charge in [0, 0.05) is 11.9 Å². The van der Waals surface area contributed by atoms with Gasteiger partial charge >= 0.3 is 0 Å². The number of fused-ring (bicyclic) bond motifs is 1. The molecule has 0 unspecified atom stereocenters. The molecule has 0 amide bonds. The van der Waals surface area contributed by atoms with Crippen LogP contribution in [0.3, 0.4) is 0 Å². The molecular formula is C20H15N3S. The lowest BCUT2D eigenvalue weighted by atomic mass is 10.2. The van der Waals surface area contributed by atoms with E-state index in [9.17, 15) is 0 Å². The van der Waals surface area contributed by atoms with Gasteiger partial charge in [0.15, 0.2) is 0 Å². The number of benzene rings is 2. The van der Waals surface area contributed by atoms with Crippen LogP contribution >= 0.6 is 11.3 Å². The molecule has 0 spiro atoms. The highest BCUT2D eigenvalue weighted by molar-refractivity contribution is 7.18. The lowest BCUT2D eigenvalue weighted by molar-refractivity contribution is 0.959. The van der Waals surface area contributed by atoms with Crippen molar-refractivity contribution in [3.8, 4) is 0 Å². The van der Waals surface area contributed by atoms with E-state index in [4.69, 9.17) is 4.98 Å². The zero-order valence-corrected chi connectivity index (χ0v) is 13.7. The maximum absolute atomic E-state index is 4.88. The monoisotopic (exact) mass is 329 g/mol. The van der Waals surface area contributed by atoms with E-state index >= 15 is 0 Å². The molecule has 1 fully saturated rings. The molecule has 1 aliphatic rings. The van der Waals surface area contributed by atoms with Crippen molar-refractivity contribution in [1.82, 2.24) is 9.97 Å². The van der Waals surface area contributed by atoms with Crippen molar-refractivity contribution >= 4 is 27.2 Å². The Hall–Kier alpha value is -2.72. The van der Waals surface area contributed by atoms with Crippen LogP contribution in [0.2, 0.25) is 0 Å². The molecule has 0 N–H and O–H groups in total. The van der Waals surface area contributed by atoms with Crippen LogP contribution in [0, 0.1) is 0 Å². The number of anilines is 1. The van der Waals surface area contributed by atoms with Gasteiger partial charge < -0.3 is 4.90 Å². The van der Waals surface area contributed by atoms with Gasteiger partial charge in [0.2, 0.25) is 0 Å². The number of hydrogen-bond acceptors (Lipinski definition) is 4. The fourth-order valence-corrected chi connectivity index (χ4v) is 4.38. The topological polar surface area (TPSA) is 28.8 Å². The van der Waals surface area contributed by atoms with Gasteiger partial charge in [-0.15, -0.1) is 11.3 Å². The SMILES string of the molecule is c1ccc(N2[C@H](c3ccccn3)[C@@H]2c2nc3ccccc3s2)cc1. The molecule has 2 aromatic carbocycles. The van der Waals surface area contributed by atoms with Crippen LogP contribution in [-0.2, 0) is 0 Å². The van der Waals surface area contributed by atoms with Crippen molar-refractivity contribution in [2.75, 3.05) is 4.90 Å². The van der Waals surface area contributed by atoms with Gasteiger partial charge in [0.1, 0.15) is 11.0 Å². The Morgan fingerprint density at radius 1 is 0.792 bits per heavy atom. The molecule has 2 atom stereocenters. The van der Waals surface area contributed by atoms with Gasteiger partial charge in [-0.1, -0.05) is 36.4 Å². The first-order valence-corrected chi connectivity index (χ1v) is 8.83. The van der Waals surface area contributed by atoms with Gasteiger partial charge in [-0.2, -0.15) is 0 Å². The van der Waals surface area contributed by atoms with E-state index < -0.39 is 0 Å². The second-order valence-corrected chi connectivity index (χ2v) is 6.97. The molecule has 3 nitrogen and oxygen atoms in total. The first-order valence-electron chi connectivity index (χ1n) is 8.01. The van der Waals surface area contributed by atoms with Gasteiger partial charge in [-0.05, 0) is 36.4 Å². The summed E-state index contributed by atoms with van der Waals surface area (Å²) in [5, 5.41) is 1.16. The second-order valence-electron chi connectivity index (χ2n) is 5.91. The molecule has 24 heavy (non-hydrogen) atoms. The first kappa shape index (κ1) is 13.7. The summed E-state index contributed by atoms with van der Waals surface area (Å²) < 4.78 is 1.24. The quantitative estimate of drug-likeness (QED) is 0.496. The van der Waals surface area contributed by atoms with Crippen LogP contribution in [0.1, 0.15) is 22.8 Å². The molecule has 5 rings (SSSR count). The summed E-state index contributed by atoms with van der Waals surface area (Å²) in [6.45, 7) is 0. The number of pyridine rings is 1. The van der Waals surface area contributed by atoms with E-state index in [0.29, 0.717) is 0 Å². The van der Waals surface area contributed by atoms with Crippen LogP contribution in [-0.4, -0.2) is 9.97 Å². The summed E-state index contributed by atoms with van der Waals surface area (Å²) in [4.78, 5) is 11.9. The van der Waals surface area contributed by atoms with E-state index in [1.54, 1.807) is 11.3 Å². The Balaban J connectivity index is 1.59. The largest absolute Gasteiger partial charge is 0.348 e. The molecule has 0 saturated carbocycles. The maximum Gasteiger partial charge on any atom is 0.119 e. The summed E-state index contributed by atoms with van der Waals surface area (Å²) in [6, 6.07) is 25.5. The molecule has 116 valence electrons. The summed E-state index contributed by atoms with van der Waals surface area (Å²) >= 11 is 1.78. The molecule has 1 saturated heterocycles. The van der Waals surface area contributed by atoms with Crippen LogP contribution < -0.4 is 4.90 Å². The molecule has 4 heteroatoms. The molecule has 3 heterocycles. The minimum Gasteiger partial charge on any atom is -0.348 e. The van der Waals surface area contributed by atoms with Crippen LogP contribution in [0.4, 0.5) is 5.69 Å². The highest BCUT2D eigenvalue weighted by Gasteiger charge is 2.52. The zero-order chi connectivity index (χ0) is 15.9. The minimum atomic E-state index is 0.258. The third-order valence-electron chi connectivity index (χ3n) is 4.42. The van der Waals surface area contributed by atoms with E-state index in [1.807, 2.05) is 18.3 Å². The van der Waals surface area contributed by atoms with Crippen molar-refractivity contribution in [2.24, 2.45) is 0 Å². The Morgan fingerprint density at radius 2 is 1.58 bits per heavy atom. The van der Waals surface area contributed by atoms with Crippen LogP contribution in [0.5, 0.6) is 0 Å². The lowest BCUT2D eigenvalue weighted by Crippen LogP contribution is -1.96. The Labute approximate surface area is 144 Å². The fourth-order valence-electron chi connectivity index (χ4n) is 3.28. The molecule has 0 aliphatic carbocycles. The van der Waals surface area contributed by atoms with Gasteiger partial charge in [-0.25, -0.2) is 4.98 Å². The molecule has 2 aromatic heterocycles. The predicted octanol–water partition coefficient (Wildman–Crippen LogP) is 4.99. The Morgan fingerprint density at radius 3 is 2.38 bits per heavy atom. The van der Waals surface area contributed by atoms with Crippen LogP contribution in [0.25, 0.3) is 10.2 Å². The third kappa shape index (κ3) is 2.19. The lowest BCUT2D eigenvalue weighted by Gasteiger charge is -2.04. The van der Waals surface area contributed by atoms with Crippen molar-refractivity contribution in [2.45, 2.75) is 12.1 Å². The second kappa shape index (κ2) is 5.42. The van der Waals surface area contributed by atoms with Crippen molar-refractivity contribution in [3.05, 3.63) is 89.7 Å². The third-order valence-corrected chi connectivity index (χ3v) is 5.52. The Kier molecular flexibility index (Phi) is 3.10. The van der Waals surface area contributed by atoms with Gasteiger partial charge in [0.05, 0.1) is 22.0 Å². The number of thiazole rings is 1. The average molecular weight is 329 g/mol. The molecule has 1 aliphatic heterocycles. The number of aromatic nitrogens is 2. The van der Waals surface area contributed by atoms with Crippen molar-refractivity contribution < 1.29 is 0 Å². The number of hydrogen-bond donors (Lipinski definition) is 0. The predicted molar refractivity (Wildman–Crippen MR) is 98.3 cm³/mol. The van der Waals surface area contributed by atoms with E-state index in [-0.39, 0.29) is 12.1 Å². The molecule has 0 radical (unpaired) electrons. The van der Waals surface area contributed by atoms with E-state index in [2.05, 4.69) is 70.5 Å². The van der Waals surface area contributed by atoms with Gasteiger partial charge in [-0.3, -0.25) is 4.98 Å². The smallest absolute Gasteiger partial charge is 0.119 e.